The van der Waals surface area contributed by atoms with Gasteiger partial charge in [-0.05, 0) is 0 Å². The van der Waals surface area contributed by atoms with Crippen molar-refractivity contribution in [3.05, 3.63) is 22.3 Å². The number of nitrogens with one attached hydrogen (secondary N) is 2. The maximum Gasteiger partial charge on any atom is 1.00 e. The molecule has 1 aromatic rings. The topological polar surface area (TPSA) is 179 Å². The molecule has 1 unspecified atom stereocenters. The number of aromatic nitrogens is 1. The zero-order valence-electron chi connectivity index (χ0n) is 17.6. The number of carboxylic acid groups (broad SMARTS) is 1. The molecule has 2 aliphatic rings. The van der Waals surface area contributed by atoms with E-state index in [1.165, 1.54) is 31.2 Å². The van der Waals surface area contributed by atoms with Crippen molar-refractivity contribution >= 4 is 64.1 Å². The van der Waals surface area contributed by atoms with E-state index in [4.69, 9.17) is 9.57 Å². The summed E-state index contributed by atoms with van der Waals surface area (Å²) in [5.41, 5.74) is -0.280. The molecule has 1 saturated heterocycles. The molecular formula is C17H16N5NaO8S2. The predicted molar refractivity (Wildman–Crippen MR) is 109 cm³/mol. The second-order valence-electron chi connectivity index (χ2n) is 6.30. The number of hydrogen-bond donors (Lipinski definition) is 2. The van der Waals surface area contributed by atoms with Crippen LogP contribution in [0.1, 0.15) is 12.6 Å². The standard InChI is InChI=1S/C17H17N5O8S2.Na/c1-7(24)30-3-8-4-31-15-11(14(26)22(15)12(8)16(27)28)20-13(25)10(21-29-2)9-5-32-17(19-9)18-6-23;/h5-6,11,15H,3-4H2,1-2H3,(H,20,25)(H,27,28)(H,18,19,23);/q;+1/p-1/b21-10-;/t11?,15-;/m1./s1. The van der Waals surface area contributed by atoms with Gasteiger partial charge in [0.1, 0.15) is 30.8 Å². The van der Waals surface area contributed by atoms with Crippen LogP contribution in [0.3, 0.4) is 0 Å². The summed E-state index contributed by atoms with van der Waals surface area (Å²) in [4.78, 5) is 68.4. The van der Waals surface area contributed by atoms with E-state index >= 15 is 0 Å². The largest absolute Gasteiger partial charge is 1.00 e. The van der Waals surface area contributed by atoms with Gasteiger partial charge in [-0.15, -0.1) is 23.1 Å². The summed E-state index contributed by atoms with van der Waals surface area (Å²) < 4.78 is 4.85. The minimum absolute atomic E-state index is 0. The van der Waals surface area contributed by atoms with Crippen molar-refractivity contribution in [3.63, 3.8) is 0 Å². The number of ether oxygens (including phenoxy) is 1. The molecule has 2 N–H and O–H groups in total. The van der Waals surface area contributed by atoms with E-state index in [-0.39, 0.29) is 69.7 Å². The second-order valence-corrected chi connectivity index (χ2v) is 8.27. The van der Waals surface area contributed by atoms with Crippen LogP contribution in [0.15, 0.2) is 21.8 Å². The number of thioether (sulfide) groups is 1. The number of rotatable bonds is 9. The number of carboxylic acids is 1. The molecule has 0 aromatic carbocycles. The maximum absolute atomic E-state index is 12.8. The fourth-order valence-corrected chi connectivity index (χ4v) is 4.96. The number of carbonyl (C=O) groups is 5. The van der Waals surface area contributed by atoms with Crippen molar-refractivity contribution in [1.82, 2.24) is 15.2 Å². The van der Waals surface area contributed by atoms with Gasteiger partial charge in [-0.25, -0.2) is 4.98 Å². The second kappa shape index (κ2) is 11.6. The van der Waals surface area contributed by atoms with Crippen LogP contribution >= 0.6 is 23.1 Å². The molecule has 2 aliphatic heterocycles. The van der Waals surface area contributed by atoms with Gasteiger partial charge in [0.25, 0.3) is 11.8 Å². The van der Waals surface area contributed by atoms with Crippen LogP contribution in [-0.4, -0.2) is 76.6 Å². The van der Waals surface area contributed by atoms with E-state index in [0.29, 0.717) is 6.41 Å². The Hall–Kier alpha value is -2.46. The number of β-lactam (4-membered cyclic amide) rings is 1. The Kier molecular flexibility index (Phi) is 9.42. The van der Waals surface area contributed by atoms with Crippen molar-refractivity contribution < 1.29 is 68.2 Å². The zero-order chi connectivity index (χ0) is 23.4. The molecule has 0 radical (unpaired) electrons. The average Bonchev–Trinajstić information content (AvgIpc) is 3.21. The minimum Gasteiger partial charge on any atom is -0.543 e. The number of carbonyl (C=O) groups excluding carboxylic acids is 5. The number of fused-ring (bicyclic) bond motifs is 1. The van der Waals surface area contributed by atoms with Crippen molar-refractivity contribution in [2.45, 2.75) is 18.3 Å². The molecular weight excluding hydrogens is 489 g/mol. The maximum atomic E-state index is 12.8. The smallest absolute Gasteiger partial charge is 0.543 e. The van der Waals surface area contributed by atoms with Crippen LogP contribution in [-0.2, 0) is 33.5 Å². The van der Waals surface area contributed by atoms with Crippen LogP contribution in [0, 0.1) is 0 Å². The molecule has 33 heavy (non-hydrogen) atoms. The summed E-state index contributed by atoms with van der Waals surface area (Å²) in [6.07, 6.45) is 0.426. The molecule has 1 fully saturated rings. The van der Waals surface area contributed by atoms with E-state index in [1.807, 2.05) is 0 Å². The number of thiazole rings is 1. The molecule has 0 spiro atoms. The van der Waals surface area contributed by atoms with Gasteiger partial charge in [0, 0.05) is 23.6 Å². The zero-order valence-corrected chi connectivity index (χ0v) is 21.3. The van der Waals surface area contributed by atoms with E-state index in [9.17, 15) is 29.1 Å². The van der Waals surface area contributed by atoms with Gasteiger partial charge in [-0.1, -0.05) is 5.16 Å². The third-order valence-corrected chi connectivity index (χ3v) is 6.42. The fourth-order valence-electron chi connectivity index (χ4n) is 2.98. The molecule has 0 bridgehead atoms. The molecule has 3 heterocycles. The first kappa shape index (κ1) is 26.8. The van der Waals surface area contributed by atoms with Gasteiger partial charge in [0.2, 0.25) is 6.41 Å². The minimum atomic E-state index is -1.59. The molecule has 0 aliphatic carbocycles. The molecule has 1 aromatic heterocycles. The number of aliphatic carboxylic acids is 1. The Labute approximate surface area is 217 Å². The Morgan fingerprint density at radius 2 is 2.15 bits per heavy atom. The van der Waals surface area contributed by atoms with Gasteiger partial charge in [-0.3, -0.25) is 24.1 Å². The number of nitrogens with zero attached hydrogens (tertiary/aromatic N) is 3. The summed E-state index contributed by atoms with van der Waals surface area (Å²) in [5, 5.41) is 21.1. The summed E-state index contributed by atoms with van der Waals surface area (Å²) in [5.74, 6) is -3.48. The van der Waals surface area contributed by atoms with Gasteiger partial charge in [0.05, 0.1) is 11.7 Å². The van der Waals surface area contributed by atoms with Gasteiger partial charge in [-0.2, -0.15) is 0 Å². The fraction of sp³-hybridized carbons (Fsp3) is 0.353. The van der Waals surface area contributed by atoms with E-state index < -0.39 is 35.2 Å². The molecule has 170 valence electrons. The SMILES string of the molecule is CO/N=C(\C(=O)NC1C(=O)N2C(C(=O)[O-])=C(COC(C)=O)CS[C@H]12)c1csc(NC=O)n1.[Na+]. The number of esters is 1. The van der Waals surface area contributed by atoms with Crippen LogP contribution < -0.4 is 45.3 Å². The van der Waals surface area contributed by atoms with Crippen LogP contribution in [0.2, 0.25) is 0 Å². The number of oxime groups is 1. The molecule has 16 heteroatoms. The summed E-state index contributed by atoms with van der Waals surface area (Å²) in [6, 6.07) is -1.04. The van der Waals surface area contributed by atoms with E-state index in [2.05, 4.69) is 20.8 Å². The number of anilines is 1. The third kappa shape index (κ3) is 5.73. The van der Waals surface area contributed by atoms with Crippen molar-refractivity contribution in [1.29, 1.82) is 0 Å². The summed E-state index contributed by atoms with van der Waals surface area (Å²) in [7, 11) is 1.22. The van der Waals surface area contributed by atoms with E-state index in [0.717, 1.165) is 16.2 Å². The molecule has 3 rings (SSSR count). The van der Waals surface area contributed by atoms with Gasteiger partial charge in [0.15, 0.2) is 10.8 Å². The Morgan fingerprint density at radius 1 is 1.42 bits per heavy atom. The van der Waals surface area contributed by atoms with Gasteiger partial charge >= 0.3 is 35.5 Å². The van der Waals surface area contributed by atoms with Crippen LogP contribution in [0.5, 0.6) is 0 Å². The molecule has 2 atom stereocenters. The number of hydrogen-bond acceptors (Lipinski definition) is 12. The van der Waals surface area contributed by atoms with Crippen molar-refractivity contribution in [2.75, 3.05) is 24.8 Å². The van der Waals surface area contributed by atoms with Crippen LogP contribution in [0.25, 0.3) is 0 Å². The van der Waals surface area contributed by atoms with Crippen molar-refractivity contribution in [2.24, 2.45) is 5.16 Å². The number of amides is 3. The Balaban J connectivity index is 0.00000385. The van der Waals surface area contributed by atoms with E-state index in [1.54, 1.807) is 0 Å². The third-order valence-electron chi connectivity index (χ3n) is 4.30. The first-order valence-electron chi connectivity index (χ1n) is 8.88. The average molecular weight is 505 g/mol. The first-order valence-corrected chi connectivity index (χ1v) is 10.8. The quantitative estimate of drug-likeness (QED) is 0.0824. The summed E-state index contributed by atoms with van der Waals surface area (Å²) >= 11 is 2.25. The Morgan fingerprint density at radius 3 is 2.76 bits per heavy atom. The first-order chi connectivity index (χ1) is 15.3. The normalized spacial score (nSPS) is 19.5. The molecule has 0 saturated carbocycles. The van der Waals surface area contributed by atoms with Gasteiger partial charge < -0.3 is 30.1 Å². The monoisotopic (exact) mass is 505 g/mol. The predicted octanol–water partition coefficient (Wildman–Crippen LogP) is -4.97. The summed E-state index contributed by atoms with van der Waals surface area (Å²) in [6.45, 7) is 0.892. The molecule has 3 amide bonds. The molecule has 13 nitrogen and oxygen atoms in total. The Bertz CT molecular complexity index is 1040. The van der Waals surface area contributed by atoms with Crippen molar-refractivity contribution in [3.8, 4) is 0 Å². The van der Waals surface area contributed by atoms with Crippen LogP contribution in [0.4, 0.5) is 5.13 Å².